The molecule has 1 amide bonds. The summed E-state index contributed by atoms with van der Waals surface area (Å²) in [4.78, 5) is 13.4. The predicted octanol–water partition coefficient (Wildman–Crippen LogP) is 16.5. The monoisotopic (exact) mass is 1270 g/mol. The van der Waals surface area contributed by atoms with E-state index in [4.69, 9.17) is 18.9 Å². The van der Waals surface area contributed by atoms with Gasteiger partial charge in [0, 0.05) is 6.42 Å². The largest absolute Gasteiger partial charge is 0.394 e. The van der Waals surface area contributed by atoms with Gasteiger partial charge >= 0.3 is 0 Å². The molecule has 2 heterocycles. The van der Waals surface area contributed by atoms with Gasteiger partial charge in [-0.15, -0.1) is 0 Å². The van der Waals surface area contributed by atoms with Crippen LogP contribution in [0.5, 0.6) is 0 Å². The van der Waals surface area contributed by atoms with Crippen molar-refractivity contribution in [3.05, 3.63) is 12.2 Å². The van der Waals surface area contributed by atoms with Crippen molar-refractivity contribution in [2.75, 3.05) is 19.8 Å². The number of allylic oxidation sites excluding steroid dienone is 1. The molecular formula is C75H145NO13. The Morgan fingerprint density at radius 2 is 0.697 bits per heavy atom. The zero-order valence-corrected chi connectivity index (χ0v) is 57.7. The van der Waals surface area contributed by atoms with Crippen LogP contribution < -0.4 is 5.32 Å². The van der Waals surface area contributed by atoms with Crippen LogP contribution in [0.3, 0.4) is 0 Å². The number of unbranched alkanes of at least 4 members (excludes halogenated alkanes) is 52. The van der Waals surface area contributed by atoms with Gasteiger partial charge in [0.25, 0.3) is 0 Å². The van der Waals surface area contributed by atoms with Crippen molar-refractivity contribution in [2.24, 2.45) is 0 Å². The van der Waals surface area contributed by atoms with Gasteiger partial charge in [0.1, 0.15) is 48.8 Å². The molecule has 0 aromatic rings. The van der Waals surface area contributed by atoms with E-state index >= 15 is 0 Å². The normalized spacial score (nSPS) is 23.0. The maximum absolute atomic E-state index is 13.4. The molecule has 0 aliphatic carbocycles. The van der Waals surface area contributed by atoms with Gasteiger partial charge in [0.15, 0.2) is 12.6 Å². The molecule has 0 radical (unpaired) electrons. The van der Waals surface area contributed by atoms with E-state index in [-0.39, 0.29) is 18.9 Å². The number of amides is 1. The summed E-state index contributed by atoms with van der Waals surface area (Å²) >= 11 is 0. The van der Waals surface area contributed by atoms with Gasteiger partial charge in [-0.2, -0.15) is 0 Å². The lowest BCUT2D eigenvalue weighted by molar-refractivity contribution is -0.359. The Labute approximate surface area is 546 Å². The molecule has 14 nitrogen and oxygen atoms in total. The van der Waals surface area contributed by atoms with Crippen LogP contribution in [0.15, 0.2) is 12.2 Å². The smallest absolute Gasteiger partial charge is 0.220 e. The van der Waals surface area contributed by atoms with Crippen LogP contribution >= 0.6 is 0 Å². The molecule has 0 bridgehead atoms. The number of aliphatic hydroxyl groups excluding tert-OH is 8. The van der Waals surface area contributed by atoms with E-state index in [1.165, 1.54) is 302 Å². The molecule has 0 saturated carbocycles. The lowest BCUT2D eigenvalue weighted by Crippen LogP contribution is -2.65. The Kier molecular flexibility index (Phi) is 56.9. The van der Waals surface area contributed by atoms with E-state index in [2.05, 4.69) is 19.2 Å². The molecule has 528 valence electrons. The molecule has 2 rings (SSSR count). The summed E-state index contributed by atoms with van der Waals surface area (Å²) < 4.78 is 22.9. The summed E-state index contributed by atoms with van der Waals surface area (Å²) in [6, 6.07) is -0.912. The molecule has 2 saturated heterocycles. The fraction of sp³-hybridized carbons (Fsp3) is 0.960. The van der Waals surface area contributed by atoms with Crippen molar-refractivity contribution in [1.29, 1.82) is 0 Å². The Hall–Kier alpha value is -1.27. The fourth-order valence-electron chi connectivity index (χ4n) is 13.1. The van der Waals surface area contributed by atoms with Crippen LogP contribution in [0.2, 0.25) is 0 Å². The van der Waals surface area contributed by atoms with Gasteiger partial charge < -0.3 is 65.1 Å². The summed E-state index contributed by atoms with van der Waals surface area (Å²) in [5, 5.41) is 87.6. The Bertz CT molecular complexity index is 1540. The number of hydrogen-bond acceptors (Lipinski definition) is 13. The van der Waals surface area contributed by atoms with Crippen molar-refractivity contribution in [3.8, 4) is 0 Å². The Morgan fingerprint density at radius 3 is 1.03 bits per heavy atom. The highest BCUT2D eigenvalue weighted by Crippen LogP contribution is 2.30. The van der Waals surface area contributed by atoms with Gasteiger partial charge in [-0.05, 0) is 19.3 Å². The summed E-state index contributed by atoms with van der Waals surface area (Å²) in [6.07, 6.45) is 58.6. The minimum atomic E-state index is -1.79. The molecule has 9 N–H and O–H groups in total. The van der Waals surface area contributed by atoms with E-state index < -0.39 is 86.8 Å². The summed E-state index contributed by atoms with van der Waals surface area (Å²) in [7, 11) is 0. The second kappa shape index (κ2) is 60.4. The predicted molar refractivity (Wildman–Crippen MR) is 365 cm³/mol. The van der Waals surface area contributed by atoms with E-state index in [0.717, 1.165) is 44.9 Å². The number of carbonyl (C=O) groups is 1. The highest BCUT2D eigenvalue weighted by Gasteiger charge is 2.51. The topological polar surface area (TPSA) is 228 Å². The van der Waals surface area contributed by atoms with Crippen LogP contribution in [-0.2, 0) is 23.7 Å². The Balaban J connectivity index is 1.64. The number of rotatable bonds is 65. The molecule has 89 heavy (non-hydrogen) atoms. The number of carbonyl (C=O) groups excluding carboxylic acids is 1. The van der Waals surface area contributed by atoms with Gasteiger partial charge in [-0.25, -0.2) is 0 Å². The second-order valence-electron chi connectivity index (χ2n) is 27.5. The average molecular weight is 1270 g/mol. The maximum atomic E-state index is 13.4. The molecule has 0 aromatic heterocycles. The third-order valence-corrected chi connectivity index (χ3v) is 19.2. The van der Waals surface area contributed by atoms with Crippen LogP contribution in [-0.4, -0.2) is 140 Å². The first-order valence-electron chi connectivity index (χ1n) is 38.4. The fourth-order valence-corrected chi connectivity index (χ4v) is 13.1. The van der Waals surface area contributed by atoms with Gasteiger partial charge in [0.2, 0.25) is 5.91 Å². The number of nitrogens with one attached hydrogen (secondary N) is 1. The minimum absolute atomic E-state index is 0.229. The molecule has 2 fully saturated rings. The van der Waals surface area contributed by atoms with Crippen molar-refractivity contribution in [1.82, 2.24) is 5.32 Å². The number of hydrogen-bond donors (Lipinski definition) is 9. The zero-order chi connectivity index (χ0) is 64.5. The Morgan fingerprint density at radius 1 is 0.393 bits per heavy atom. The molecule has 0 aromatic carbocycles. The van der Waals surface area contributed by atoms with Gasteiger partial charge in [-0.3, -0.25) is 4.79 Å². The summed E-state index contributed by atoms with van der Waals surface area (Å²) in [5.74, 6) is -0.229. The number of ether oxygens (including phenoxy) is 4. The van der Waals surface area contributed by atoms with Crippen LogP contribution in [0.1, 0.15) is 367 Å². The van der Waals surface area contributed by atoms with Gasteiger partial charge in [0.05, 0.1) is 32.0 Å². The van der Waals surface area contributed by atoms with E-state index in [9.17, 15) is 45.6 Å². The third-order valence-electron chi connectivity index (χ3n) is 19.2. The maximum Gasteiger partial charge on any atom is 0.220 e. The first-order valence-corrected chi connectivity index (χ1v) is 38.4. The van der Waals surface area contributed by atoms with E-state index in [0.29, 0.717) is 0 Å². The highest BCUT2D eigenvalue weighted by molar-refractivity contribution is 5.76. The third kappa shape index (κ3) is 44.2. The molecule has 14 heteroatoms. The number of aliphatic hydroxyl groups is 8. The summed E-state index contributed by atoms with van der Waals surface area (Å²) in [5.41, 5.74) is 0. The molecular weight excluding hydrogens is 1120 g/mol. The summed E-state index contributed by atoms with van der Waals surface area (Å²) in [6.45, 7) is 2.88. The SMILES string of the molecule is CCCCCCCCCCCCCCCCCCCCCCCCCCC/C=C/C(O)C(COC1OC(CO)C(OC2OC(CO)C(O)C(O)C2O)C(O)C1O)NC(=O)CCCCCCCCCCCCCCCCCCCCCCCCCCCCCC. The molecule has 2 aliphatic heterocycles. The van der Waals surface area contributed by atoms with Crippen LogP contribution in [0.25, 0.3) is 0 Å². The molecule has 12 atom stereocenters. The van der Waals surface area contributed by atoms with Crippen molar-refractivity contribution in [2.45, 2.75) is 441 Å². The zero-order valence-electron chi connectivity index (χ0n) is 57.7. The minimum Gasteiger partial charge on any atom is -0.394 e. The standard InChI is InChI=1S/C75H145NO13/c1-3-5-7-9-11-13-15-17-19-21-23-25-27-29-31-33-35-37-39-41-43-45-47-49-51-53-55-57-59-67(80)76-63(62-86-74-72(85)70(83)73(66(61-78)88-74)89-75-71(84)69(82)68(81)65(60-77)87-75)64(79)58-56-54-52-50-48-46-44-42-40-38-36-34-32-30-28-26-24-22-20-18-16-14-12-10-8-6-4-2/h56,58,63-66,68-75,77-79,81-85H,3-55,57,59-62H2,1-2H3,(H,76,80)/b58-56+. The van der Waals surface area contributed by atoms with Gasteiger partial charge in [-0.1, -0.05) is 353 Å². The van der Waals surface area contributed by atoms with Crippen molar-refractivity contribution < 1.29 is 64.6 Å². The first kappa shape index (κ1) is 83.8. The lowest BCUT2D eigenvalue weighted by atomic mass is 9.97. The van der Waals surface area contributed by atoms with E-state index in [1.54, 1.807) is 6.08 Å². The average Bonchev–Trinajstić information content (AvgIpc) is 2.53. The molecule has 12 unspecified atom stereocenters. The van der Waals surface area contributed by atoms with Crippen molar-refractivity contribution >= 4 is 5.91 Å². The highest BCUT2D eigenvalue weighted by atomic mass is 16.7. The second-order valence-corrected chi connectivity index (χ2v) is 27.5. The van der Waals surface area contributed by atoms with Crippen LogP contribution in [0, 0.1) is 0 Å². The quantitative estimate of drug-likeness (QED) is 0.0204. The van der Waals surface area contributed by atoms with Crippen molar-refractivity contribution in [3.63, 3.8) is 0 Å². The molecule has 0 spiro atoms. The molecule has 2 aliphatic rings. The van der Waals surface area contributed by atoms with Crippen LogP contribution in [0.4, 0.5) is 0 Å². The van der Waals surface area contributed by atoms with E-state index in [1.807, 2.05) is 6.08 Å². The first-order chi connectivity index (χ1) is 43.6. The lowest BCUT2D eigenvalue weighted by Gasteiger charge is -2.46.